The molecule has 1 aliphatic heterocycles. The third kappa shape index (κ3) is 5.84. The van der Waals surface area contributed by atoms with Crippen LogP contribution in [0.2, 0.25) is 0 Å². The van der Waals surface area contributed by atoms with Crippen molar-refractivity contribution in [2.75, 3.05) is 17.6 Å². The average Bonchev–Trinajstić information content (AvgIpc) is 2.75. The predicted molar refractivity (Wildman–Crippen MR) is 119 cm³/mol. The van der Waals surface area contributed by atoms with Gasteiger partial charge < -0.3 is 5.32 Å². The smallest absolute Gasteiger partial charge is 0.243 e. The van der Waals surface area contributed by atoms with Crippen LogP contribution in [0.1, 0.15) is 39.0 Å². The zero-order valence-corrected chi connectivity index (χ0v) is 18.3. The van der Waals surface area contributed by atoms with Crippen LogP contribution in [0.5, 0.6) is 0 Å². The molecule has 0 spiro atoms. The van der Waals surface area contributed by atoms with Crippen LogP contribution in [-0.4, -0.2) is 37.0 Å². The second-order valence-electron chi connectivity index (χ2n) is 7.16. The van der Waals surface area contributed by atoms with Crippen LogP contribution in [0.25, 0.3) is 0 Å². The van der Waals surface area contributed by atoms with Crippen molar-refractivity contribution in [3.05, 3.63) is 54.6 Å². The molecule has 3 rings (SSSR count). The van der Waals surface area contributed by atoms with E-state index < -0.39 is 10.0 Å². The van der Waals surface area contributed by atoms with Crippen LogP contribution in [0.3, 0.4) is 0 Å². The van der Waals surface area contributed by atoms with E-state index in [2.05, 4.69) is 5.32 Å². The molecule has 0 aromatic heterocycles. The first-order valence-electron chi connectivity index (χ1n) is 10.1. The van der Waals surface area contributed by atoms with Crippen LogP contribution in [0.15, 0.2) is 64.4 Å². The molecule has 1 heterocycles. The van der Waals surface area contributed by atoms with Gasteiger partial charge in [-0.05, 0) is 55.7 Å². The molecule has 1 N–H and O–H groups in total. The maximum atomic E-state index is 13.0. The van der Waals surface area contributed by atoms with Crippen molar-refractivity contribution in [1.29, 1.82) is 0 Å². The van der Waals surface area contributed by atoms with Crippen LogP contribution in [0, 0.1) is 0 Å². The molecule has 2 aromatic rings. The van der Waals surface area contributed by atoms with Gasteiger partial charge in [0.05, 0.1) is 4.90 Å². The second kappa shape index (κ2) is 10.3. The number of nitrogens with zero attached hydrogens (tertiary/aromatic N) is 1. The number of rotatable bonds is 8. The van der Waals surface area contributed by atoms with E-state index in [-0.39, 0.29) is 16.8 Å². The van der Waals surface area contributed by atoms with Gasteiger partial charge in [0.1, 0.15) is 0 Å². The van der Waals surface area contributed by atoms with Crippen molar-refractivity contribution < 1.29 is 13.2 Å². The Balaban J connectivity index is 1.56. The fourth-order valence-corrected chi connectivity index (χ4v) is 6.19. The van der Waals surface area contributed by atoms with Crippen molar-refractivity contribution in [2.45, 2.75) is 54.9 Å². The van der Waals surface area contributed by atoms with E-state index in [0.717, 1.165) is 30.6 Å². The van der Waals surface area contributed by atoms with Crippen LogP contribution in [0.4, 0.5) is 5.69 Å². The van der Waals surface area contributed by atoms with Crippen LogP contribution < -0.4 is 5.32 Å². The number of hydrogen-bond acceptors (Lipinski definition) is 4. The standard InChI is InChI=1S/C22H28N2O3S2/c1-2-19-8-6-7-16-24(19)29(26,27)21-13-11-18(12-14-21)23-22(25)15-17-28-20-9-4-3-5-10-20/h3-5,9-14,19H,2,6-8,15-17H2,1H3,(H,23,25). The molecular weight excluding hydrogens is 404 g/mol. The highest BCUT2D eigenvalue weighted by molar-refractivity contribution is 7.99. The topological polar surface area (TPSA) is 66.5 Å². The van der Waals surface area contributed by atoms with Crippen molar-refractivity contribution in [3.63, 3.8) is 0 Å². The third-order valence-electron chi connectivity index (χ3n) is 5.13. The minimum atomic E-state index is -3.50. The van der Waals surface area contributed by atoms with Crippen molar-refractivity contribution >= 4 is 33.4 Å². The largest absolute Gasteiger partial charge is 0.326 e. The Bertz CT molecular complexity index is 899. The zero-order valence-electron chi connectivity index (χ0n) is 16.7. The Morgan fingerprint density at radius 2 is 1.83 bits per heavy atom. The summed E-state index contributed by atoms with van der Waals surface area (Å²) in [5, 5.41) is 2.85. The SMILES string of the molecule is CCC1CCCCN1S(=O)(=O)c1ccc(NC(=O)CCSc2ccccc2)cc1. The summed E-state index contributed by atoms with van der Waals surface area (Å²) in [6.07, 6.45) is 4.13. The molecule has 1 atom stereocenters. The number of nitrogens with one attached hydrogen (secondary N) is 1. The van der Waals surface area contributed by atoms with E-state index in [9.17, 15) is 13.2 Å². The van der Waals surface area contributed by atoms with Gasteiger partial charge in [0.25, 0.3) is 0 Å². The summed E-state index contributed by atoms with van der Waals surface area (Å²) in [5.41, 5.74) is 0.615. The van der Waals surface area contributed by atoms with Crippen molar-refractivity contribution in [2.24, 2.45) is 0 Å². The minimum Gasteiger partial charge on any atom is -0.326 e. The maximum Gasteiger partial charge on any atom is 0.243 e. The minimum absolute atomic E-state index is 0.0777. The lowest BCUT2D eigenvalue weighted by Gasteiger charge is -2.34. The molecule has 29 heavy (non-hydrogen) atoms. The number of amides is 1. The fraction of sp³-hybridized carbons (Fsp3) is 0.409. The Hall–Kier alpha value is -1.83. The van der Waals surface area contributed by atoms with Gasteiger partial charge >= 0.3 is 0 Å². The van der Waals surface area contributed by atoms with Gasteiger partial charge in [0.15, 0.2) is 0 Å². The van der Waals surface area contributed by atoms with Crippen molar-refractivity contribution in [1.82, 2.24) is 4.31 Å². The highest BCUT2D eigenvalue weighted by Crippen LogP contribution is 2.27. The number of thioether (sulfide) groups is 1. The van der Waals surface area contributed by atoms with Crippen molar-refractivity contribution in [3.8, 4) is 0 Å². The molecule has 1 fully saturated rings. The van der Waals surface area contributed by atoms with E-state index in [1.54, 1.807) is 40.3 Å². The molecule has 0 radical (unpaired) electrons. The molecule has 0 saturated carbocycles. The fourth-order valence-electron chi connectivity index (χ4n) is 3.55. The van der Waals surface area contributed by atoms with E-state index >= 15 is 0 Å². The molecular formula is C22H28N2O3S2. The Labute approximate surface area is 177 Å². The first kappa shape index (κ1) is 21.9. The molecule has 0 aliphatic carbocycles. The van der Waals surface area contributed by atoms with E-state index in [1.807, 2.05) is 37.3 Å². The quantitative estimate of drug-likeness (QED) is 0.611. The van der Waals surface area contributed by atoms with Crippen LogP contribution >= 0.6 is 11.8 Å². The Morgan fingerprint density at radius 1 is 1.10 bits per heavy atom. The first-order valence-corrected chi connectivity index (χ1v) is 12.5. The summed E-state index contributed by atoms with van der Waals surface area (Å²) in [6.45, 7) is 2.62. The maximum absolute atomic E-state index is 13.0. The monoisotopic (exact) mass is 432 g/mol. The highest BCUT2D eigenvalue weighted by Gasteiger charge is 2.32. The molecule has 1 aliphatic rings. The van der Waals surface area contributed by atoms with Gasteiger partial charge in [-0.1, -0.05) is 31.5 Å². The van der Waals surface area contributed by atoms with Gasteiger partial charge in [-0.25, -0.2) is 8.42 Å². The lowest BCUT2D eigenvalue weighted by molar-refractivity contribution is -0.115. The third-order valence-corrected chi connectivity index (χ3v) is 8.11. The summed E-state index contributed by atoms with van der Waals surface area (Å²) in [7, 11) is -3.50. The average molecular weight is 433 g/mol. The number of piperidine rings is 1. The van der Waals surface area contributed by atoms with Gasteiger partial charge in [-0.15, -0.1) is 11.8 Å². The lowest BCUT2D eigenvalue weighted by atomic mass is 10.0. The highest BCUT2D eigenvalue weighted by atomic mass is 32.2. The summed E-state index contributed by atoms with van der Waals surface area (Å²) in [4.78, 5) is 13.6. The Morgan fingerprint density at radius 3 is 2.52 bits per heavy atom. The number of anilines is 1. The molecule has 5 nitrogen and oxygen atoms in total. The van der Waals surface area contributed by atoms with E-state index in [1.165, 1.54) is 0 Å². The second-order valence-corrected chi connectivity index (χ2v) is 10.2. The normalized spacial score (nSPS) is 17.8. The molecule has 7 heteroatoms. The van der Waals surface area contributed by atoms with Gasteiger partial charge in [0.2, 0.25) is 15.9 Å². The number of hydrogen-bond donors (Lipinski definition) is 1. The summed E-state index contributed by atoms with van der Waals surface area (Å²) in [6, 6.07) is 16.6. The predicted octanol–water partition coefficient (Wildman–Crippen LogP) is 4.76. The number of carbonyl (C=O) groups excluding carboxylic acids is 1. The van der Waals surface area contributed by atoms with Gasteiger partial charge in [0, 0.05) is 35.3 Å². The molecule has 1 saturated heterocycles. The first-order chi connectivity index (χ1) is 14.0. The molecule has 1 unspecified atom stereocenters. The summed E-state index contributed by atoms with van der Waals surface area (Å²) < 4.78 is 27.6. The summed E-state index contributed by atoms with van der Waals surface area (Å²) >= 11 is 1.64. The number of benzene rings is 2. The summed E-state index contributed by atoms with van der Waals surface area (Å²) in [5.74, 6) is 0.612. The molecule has 0 bridgehead atoms. The number of carbonyl (C=O) groups is 1. The zero-order chi connectivity index (χ0) is 20.7. The van der Waals surface area contributed by atoms with E-state index in [0.29, 0.717) is 24.4 Å². The van der Waals surface area contributed by atoms with E-state index in [4.69, 9.17) is 0 Å². The molecule has 2 aromatic carbocycles. The Kier molecular flexibility index (Phi) is 7.75. The van der Waals surface area contributed by atoms with Gasteiger partial charge in [-0.2, -0.15) is 4.31 Å². The number of sulfonamides is 1. The molecule has 1 amide bonds. The van der Waals surface area contributed by atoms with Gasteiger partial charge in [-0.3, -0.25) is 4.79 Å². The lowest BCUT2D eigenvalue weighted by Crippen LogP contribution is -2.43. The molecule has 156 valence electrons. The van der Waals surface area contributed by atoms with Crippen LogP contribution in [-0.2, 0) is 14.8 Å².